The zero-order valence-electron chi connectivity index (χ0n) is 13.0. The number of halogens is 1. The summed E-state index contributed by atoms with van der Waals surface area (Å²) in [5, 5.41) is 40.0. The van der Waals surface area contributed by atoms with Gasteiger partial charge < -0.3 is 10.2 Å². The van der Waals surface area contributed by atoms with Crippen molar-refractivity contribution in [3.8, 4) is 11.5 Å². The van der Waals surface area contributed by atoms with Crippen molar-refractivity contribution in [2.75, 3.05) is 0 Å². The van der Waals surface area contributed by atoms with E-state index in [1.54, 1.807) is 24.3 Å². The number of benzene rings is 3. The normalized spacial score (nSPS) is 11.1. The summed E-state index contributed by atoms with van der Waals surface area (Å²) in [6.45, 7) is 0. The van der Waals surface area contributed by atoms with E-state index in [2.05, 4.69) is 10.2 Å². The molecule has 0 aromatic heterocycles. The van der Waals surface area contributed by atoms with Gasteiger partial charge in [0, 0.05) is 16.5 Å². The molecule has 0 aliphatic rings. The number of nitro benzene ring substituents is 1. The Morgan fingerprint density at radius 3 is 2.50 bits per heavy atom. The third-order valence-electron chi connectivity index (χ3n) is 3.64. The summed E-state index contributed by atoms with van der Waals surface area (Å²) in [7, 11) is 0. The average Bonchev–Trinajstić information content (AvgIpc) is 2.62. The van der Waals surface area contributed by atoms with E-state index in [1.807, 2.05) is 0 Å². The fourth-order valence-corrected chi connectivity index (χ4v) is 2.63. The second-order valence-electron chi connectivity index (χ2n) is 5.25. The molecule has 0 radical (unpaired) electrons. The SMILES string of the molecule is O=Cc1cc2ccccc2c(N=Nc2cc(Cl)cc([N+](=O)[O-])c2O)c1O. The Morgan fingerprint density at radius 1 is 1.08 bits per heavy atom. The molecular weight excluding hydrogens is 362 g/mol. The second-order valence-corrected chi connectivity index (χ2v) is 5.69. The molecule has 3 aromatic rings. The van der Waals surface area contributed by atoms with E-state index in [4.69, 9.17) is 11.6 Å². The molecule has 8 nitrogen and oxygen atoms in total. The topological polar surface area (TPSA) is 125 Å². The van der Waals surface area contributed by atoms with Crippen molar-refractivity contribution in [1.29, 1.82) is 0 Å². The maximum absolute atomic E-state index is 11.2. The van der Waals surface area contributed by atoms with Gasteiger partial charge in [0.15, 0.2) is 12.0 Å². The van der Waals surface area contributed by atoms with Gasteiger partial charge in [-0.3, -0.25) is 14.9 Å². The molecule has 0 aliphatic carbocycles. The molecule has 0 unspecified atom stereocenters. The number of phenolic OH excluding ortho intramolecular Hbond substituents is 2. The number of aldehydes is 1. The molecule has 0 amide bonds. The monoisotopic (exact) mass is 371 g/mol. The number of rotatable bonds is 4. The highest BCUT2D eigenvalue weighted by atomic mass is 35.5. The molecule has 0 fully saturated rings. The van der Waals surface area contributed by atoms with Gasteiger partial charge in [-0.1, -0.05) is 35.9 Å². The molecule has 0 heterocycles. The molecule has 9 heteroatoms. The Balaban J connectivity index is 2.20. The molecule has 0 bridgehead atoms. The van der Waals surface area contributed by atoms with Crippen LogP contribution in [0.2, 0.25) is 5.02 Å². The summed E-state index contributed by atoms with van der Waals surface area (Å²) < 4.78 is 0. The van der Waals surface area contributed by atoms with Crippen LogP contribution in [0.3, 0.4) is 0 Å². The van der Waals surface area contributed by atoms with E-state index in [0.717, 1.165) is 6.07 Å². The van der Waals surface area contributed by atoms with Crippen LogP contribution in [-0.2, 0) is 0 Å². The van der Waals surface area contributed by atoms with Gasteiger partial charge >= 0.3 is 5.69 Å². The summed E-state index contributed by atoms with van der Waals surface area (Å²) >= 11 is 5.81. The number of phenols is 2. The third-order valence-corrected chi connectivity index (χ3v) is 3.86. The number of aromatic hydroxyl groups is 2. The molecule has 0 spiro atoms. The predicted octanol–water partition coefficient (Wildman–Crippen LogP) is 5.04. The van der Waals surface area contributed by atoms with E-state index < -0.39 is 22.1 Å². The first-order chi connectivity index (χ1) is 12.4. The number of carbonyl (C=O) groups is 1. The second kappa shape index (κ2) is 6.77. The maximum Gasteiger partial charge on any atom is 0.314 e. The van der Waals surface area contributed by atoms with E-state index >= 15 is 0 Å². The van der Waals surface area contributed by atoms with E-state index in [0.29, 0.717) is 17.1 Å². The fraction of sp³-hybridized carbons (Fsp3) is 0. The Kier molecular flexibility index (Phi) is 4.51. The van der Waals surface area contributed by atoms with Crippen LogP contribution in [0, 0.1) is 10.1 Å². The van der Waals surface area contributed by atoms with Crippen LogP contribution in [0.1, 0.15) is 10.4 Å². The van der Waals surface area contributed by atoms with Crippen molar-refractivity contribution in [3.63, 3.8) is 0 Å². The van der Waals surface area contributed by atoms with Gasteiger partial charge in [0.1, 0.15) is 11.4 Å². The maximum atomic E-state index is 11.2. The van der Waals surface area contributed by atoms with Crippen molar-refractivity contribution >= 4 is 45.7 Å². The van der Waals surface area contributed by atoms with Gasteiger partial charge in [0.2, 0.25) is 5.75 Å². The molecule has 2 N–H and O–H groups in total. The molecule has 0 saturated heterocycles. The van der Waals surface area contributed by atoms with Crippen molar-refractivity contribution in [2.45, 2.75) is 0 Å². The Bertz CT molecular complexity index is 1080. The Hall–Kier alpha value is -3.52. The molecule has 0 saturated carbocycles. The highest BCUT2D eigenvalue weighted by Gasteiger charge is 2.19. The van der Waals surface area contributed by atoms with Crippen LogP contribution in [-0.4, -0.2) is 21.4 Å². The van der Waals surface area contributed by atoms with Crippen molar-refractivity contribution in [1.82, 2.24) is 0 Å². The first-order valence-corrected chi connectivity index (χ1v) is 7.58. The number of nitro groups is 1. The van der Waals surface area contributed by atoms with Crippen LogP contribution in [0.4, 0.5) is 17.1 Å². The van der Waals surface area contributed by atoms with Crippen LogP contribution in [0.15, 0.2) is 52.7 Å². The lowest BCUT2D eigenvalue weighted by Crippen LogP contribution is -1.88. The van der Waals surface area contributed by atoms with E-state index in [9.17, 15) is 25.1 Å². The van der Waals surface area contributed by atoms with Crippen LogP contribution < -0.4 is 0 Å². The molecule has 130 valence electrons. The summed E-state index contributed by atoms with van der Waals surface area (Å²) in [5.41, 5.74) is -0.863. The van der Waals surface area contributed by atoms with Gasteiger partial charge in [0.25, 0.3) is 0 Å². The van der Waals surface area contributed by atoms with Gasteiger partial charge in [-0.25, -0.2) is 0 Å². The van der Waals surface area contributed by atoms with E-state index in [-0.39, 0.29) is 22.0 Å². The van der Waals surface area contributed by atoms with Crippen LogP contribution in [0.25, 0.3) is 10.8 Å². The molecule has 0 atom stereocenters. The summed E-state index contributed by atoms with van der Waals surface area (Å²) in [5.74, 6) is -1.10. The highest BCUT2D eigenvalue weighted by molar-refractivity contribution is 6.31. The average molecular weight is 372 g/mol. The van der Waals surface area contributed by atoms with Crippen molar-refractivity contribution in [3.05, 3.63) is 63.2 Å². The standard InChI is InChI=1S/C17H10ClN3O5/c18-11-6-13(17(24)14(7-11)21(25)26)19-20-15-12-4-2-1-3-9(12)5-10(8-22)16(15)23/h1-8,23-24H. The summed E-state index contributed by atoms with van der Waals surface area (Å²) in [6.07, 6.45) is 0.475. The Labute approximate surface area is 151 Å². The molecule has 0 aliphatic heterocycles. The largest absolute Gasteiger partial charge is 0.505 e. The van der Waals surface area contributed by atoms with E-state index in [1.165, 1.54) is 12.1 Å². The van der Waals surface area contributed by atoms with Crippen molar-refractivity contribution < 1.29 is 19.9 Å². The highest BCUT2D eigenvalue weighted by Crippen LogP contribution is 2.42. The molecule has 3 rings (SSSR count). The predicted molar refractivity (Wildman–Crippen MR) is 94.9 cm³/mol. The van der Waals surface area contributed by atoms with Gasteiger partial charge in [-0.2, -0.15) is 0 Å². The zero-order chi connectivity index (χ0) is 18.8. The quantitative estimate of drug-likeness (QED) is 0.287. The fourth-order valence-electron chi connectivity index (χ4n) is 2.42. The number of carbonyl (C=O) groups excluding carboxylic acids is 1. The smallest absolute Gasteiger partial charge is 0.314 e. The van der Waals surface area contributed by atoms with Crippen LogP contribution >= 0.6 is 11.6 Å². The number of hydrogen-bond donors (Lipinski definition) is 2. The van der Waals surface area contributed by atoms with Gasteiger partial charge in [0.05, 0.1) is 10.5 Å². The zero-order valence-corrected chi connectivity index (χ0v) is 13.7. The Morgan fingerprint density at radius 2 is 1.81 bits per heavy atom. The van der Waals surface area contributed by atoms with Crippen molar-refractivity contribution in [2.24, 2.45) is 10.2 Å². The number of azo groups is 1. The lowest BCUT2D eigenvalue weighted by Gasteiger charge is -2.07. The first kappa shape index (κ1) is 17.3. The minimum atomic E-state index is -0.805. The molecular formula is C17H10ClN3O5. The third kappa shape index (κ3) is 3.05. The lowest BCUT2D eigenvalue weighted by atomic mass is 10.0. The molecule has 26 heavy (non-hydrogen) atoms. The van der Waals surface area contributed by atoms with Crippen LogP contribution in [0.5, 0.6) is 11.5 Å². The van der Waals surface area contributed by atoms with Gasteiger partial charge in [-0.15, -0.1) is 10.2 Å². The summed E-state index contributed by atoms with van der Waals surface area (Å²) in [6, 6.07) is 10.5. The number of nitrogens with zero attached hydrogens (tertiary/aromatic N) is 3. The van der Waals surface area contributed by atoms with Gasteiger partial charge in [-0.05, 0) is 17.5 Å². The minimum Gasteiger partial charge on any atom is -0.505 e. The lowest BCUT2D eigenvalue weighted by molar-refractivity contribution is -0.385. The number of hydrogen-bond acceptors (Lipinski definition) is 7. The first-order valence-electron chi connectivity index (χ1n) is 7.21. The summed E-state index contributed by atoms with van der Waals surface area (Å²) in [4.78, 5) is 21.3. The molecule has 3 aromatic carbocycles. The number of fused-ring (bicyclic) bond motifs is 1. The minimum absolute atomic E-state index is 0.00720.